The third kappa shape index (κ3) is 7.14. The standard InChI is InChI=1S/C17H28N2O2/c1-4-5-6-12-19-17(20)14(2)18-13-11-15-7-9-16(21-3)10-8-15/h7-10,14,18H,4-6,11-13H2,1-3H3,(H,19,20). The Kier molecular flexibility index (Phi) is 8.51. The van der Waals surface area contributed by atoms with Crippen molar-refractivity contribution in [2.75, 3.05) is 20.2 Å². The van der Waals surface area contributed by atoms with E-state index in [9.17, 15) is 4.79 Å². The zero-order chi connectivity index (χ0) is 15.5. The highest BCUT2D eigenvalue weighted by atomic mass is 16.5. The Hall–Kier alpha value is -1.55. The SMILES string of the molecule is CCCCCNC(=O)C(C)NCCc1ccc(OC)cc1. The van der Waals surface area contributed by atoms with E-state index in [1.54, 1.807) is 7.11 Å². The molecule has 4 nitrogen and oxygen atoms in total. The summed E-state index contributed by atoms with van der Waals surface area (Å²) in [4.78, 5) is 11.8. The van der Waals surface area contributed by atoms with E-state index < -0.39 is 0 Å². The van der Waals surface area contributed by atoms with Gasteiger partial charge < -0.3 is 15.4 Å². The summed E-state index contributed by atoms with van der Waals surface area (Å²) in [5, 5.41) is 6.22. The lowest BCUT2D eigenvalue weighted by molar-refractivity contribution is -0.122. The number of nitrogens with one attached hydrogen (secondary N) is 2. The van der Waals surface area contributed by atoms with Crippen LogP contribution in [0.5, 0.6) is 5.75 Å². The first-order chi connectivity index (χ1) is 10.2. The zero-order valence-corrected chi connectivity index (χ0v) is 13.4. The summed E-state index contributed by atoms with van der Waals surface area (Å²) in [6, 6.07) is 7.87. The number of ether oxygens (including phenoxy) is 1. The second kappa shape index (κ2) is 10.2. The number of benzene rings is 1. The molecule has 1 rings (SSSR count). The molecule has 1 unspecified atom stereocenters. The van der Waals surface area contributed by atoms with Crippen molar-refractivity contribution in [1.29, 1.82) is 0 Å². The fourth-order valence-electron chi connectivity index (χ4n) is 2.06. The summed E-state index contributed by atoms with van der Waals surface area (Å²) in [5.74, 6) is 0.951. The third-order valence-corrected chi connectivity index (χ3v) is 3.50. The predicted octanol–water partition coefficient (Wildman–Crippen LogP) is 2.52. The molecule has 1 aromatic rings. The van der Waals surface area contributed by atoms with Crippen molar-refractivity contribution in [1.82, 2.24) is 10.6 Å². The molecule has 1 atom stereocenters. The van der Waals surface area contributed by atoms with E-state index in [1.807, 2.05) is 19.1 Å². The van der Waals surface area contributed by atoms with E-state index >= 15 is 0 Å². The van der Waals surface area contributed by atoms with Gasteiger partial charge in [0, 0.05) is 6.54 Å². The van der Waals surface area contributed by atoms with Gasteiger partial charge in [0.15, 0.2) is 0 Å². The molecule has 0 aliphatic rings. The van der Waals surface area contributed by atoms with Crippen molar-refractivity contribution in [3.63, 3.8) is 0 Å². The van der Waals surface area contributed by atoms with Gasteiger partial charge in [0.05, 0.1) is 13.2 Å². The Balaban J connectivity index is 2.19. The lowest BCUT2D eigenvalue weighted by atomic mass is 10.1. The molecule has 0 saturated heterocycles. The lowest BCUT2D eigenvalue weighted by Gasteiger charge is -2.14. The van der Waals surface area contributed by atoms with Crippen molar-refractivity contribution in [3.8, 4) is 5.75 Å². The van der Waals surface area contributed by atoms with Gasteiger partial charge in [-0.05, 0) is 44.0 Å². The fourth-order valence-corrected chi connectivity index (χ4v) is 2.06. The first-order valence-electron chi connectivity index (χ1n) is 7.81. The van der Waals surface area contributed by atoms with Crippen LogP contribution in [0, 0.1) is 0 Å². The van der Waals surface area contributed by atoms with Crippen LogP contribution >= 0.6 is 0 Å². The van der Waals surface area contributed by atoms with Crippen LogP contribution < -0.4 is 15.4 Å². The summed E-state index contributed by atoms with van der Waals surface area (Å²) < 4.78 is 5.13. The molecule has 0 aromatic heterocycles. The van der Waals surface area contributed by atoms with Gasteiger partial charge in [-0.1, -0.05) is 31.9 Å². The zero-order valence-electron chi connectivity index (χ0n) is 13.4. The number of hydrogen-bond acceptors (Lipinski definition) is 3. The summed E-state index contributed by atoms with van der Waals surface area (Å²) >= 11 is 0. The topological polar surface area (TPSA) is 50.4 Å². The van der Waals surface area contributed by atoms with Crippen LogP contribution in [0.3, 0.4) is 0 Å². The molecule has 4 heteroatoms. The van der Waals surface area contributed by atoms with E-state index in [0.29, 0.717) is 0 Å². The summed E-state index contributed by atoms with van der Waals surface area (Å²) in [5.41, 5.74) is 1.24. The maximum atomic E-state index is 11.8. The van der Waals surface area contributed by atoms with Crippen LogP contribution in [-0.4, -0.2) is 32.1 Å². The average Bonchev–Trinajstić information content (AvgIpc) is 2.52. The van der Waals surface area contributed by atoms with E-state index in [2.05, 4.69) is 29.7 Å². The largest absolute Gasteiger partial charge is 0.497 e. The Morgan fingerprint density at radius 2 is 1.90 bits per heavy atom. The fraction of sp³-hybridized carbons (Fsp3) is 0.588. The van der Waals surface area contributed by atoms with Crippen LogP contribution in [0.25, 0.3) is 0 Å². The van der Waals surface area contributed by atoms with Crippen molar-refractivity contribution in [3.05, 3.63) is 29.8 Å². The van der Waals surface area contributed by atoms with Crippen molar-refractivity contribution in [2.24, 2.45) is 0 Å². The molecular weight excluding hydrogens is 264 g/mol. The molecule has 0 radical (unpaired) electrons. The summed E-state index contributed by atoms with van der Waals surface area (Å²) in [6.45, 7) is 5.63. The van der Waals surface area contributed by atoms with Crippen molar-refractivity contribution < 1.29 is 9.53 Å². The molecule has 0 bridgehead atoms. The number of methoxy groups -OCH3 is 1. The van der Waals surface area contributed by atoms with E-state index in [1.165, 1.54) is 18.4 Å². The Morgan fingerprint density at radius 1 is 1.19 bits per heavy atom. The van der Waals surface area contributed by atoms with Gasteiger partial charge in [-0.3, -0.25) is 4.79 Å². The van der Waals surface area contributed by atoms with Crippen molar-refractivity contribution >= 4 is 5.91 Å². The third-order valence-electron chi connectivity index (χ3n) is 3.50. The van der Waals surface area contributed by atoms with Crippen LogP contribution in [-0.2, 0) is 11.2 Å². The monoisotopic (exact) mass is 292 g/mol. The number of carbonyl (C=O) groups excluding carboxylic acids is 1. The Labute approximate surface area is 128 Å². The second-order valence-corrected chi connectivity index (χ2v) is 5.27. The van der Waals surface area contributed by atoms with Gasteiger partial charge >= 0.3 is 0 Å². The molecule has 0 fully saturated rings. The molecule has 2 N–H and O–H groups in total. The van der Waals surface area contributed by atoms with Crippen LogP contribution in [0.15, 0.2) is 24.3 Å². The normalized spacial score (nSPS) is 12.0. The first kappa shape index (κ1) is 17.5. The van der Waals surface area contributed by atoms with E-state index in [-0.39, 0.29) is 11.9 Å². The Morgan fingerprint density at radius 3 is 2.52 bits per heavy atom. The van der Waals surface area contributed by atoms with Crippen LogP contribution in [0.4, 0.5) is 0 Å². The molecule has 118 valence electrons. The minimum atomic E-state index is -0.148. The smallest absolute Gasteiger partial charge is 0.236 e. The second-order valence-electron chi connectivity index (χ2n) is 5.27. The van der Waals surface area contributed by atoms with E-state index in [4.69, 9.17) is 4.74 Å². The highest BCUT2D eigenvalue weighted by Gasteiger charge is 2.10. The van der Waals surface area contributed by atoms with Gasteiger partial charge in [0.25, 0.3) is 0 Å². The van der Waals surface area contributed by atoms with Crippen molar-refractivity contribution in [2.45, 2.75) is 45.6 Å². The molecule has 0 saturated carbocycles. The molecular formula is C17H28N2O2. The number of unbranched alkanes of at least 4 members (excludes halogenated alkanes) is 2. The van der Waals surface area contributed by atoms with Gasteiger partial charge in [-0.2, -0.15) is 0 Å². The summed E-state index contributed by atoms with van der Waals surface area (Å²) in [7, 11) is 1.66. The van der Waals surface area contributed by atoms with E-state index in [0.717, 1.165) is 31.7 Å². The maximum absolute atomic E-state index is 11.8. The molecule has 1 amide bonds. The summed E-state index contributed by atoms with van der Waals surface area (Å²) in [6.07, 6.45) is 4.29. The number of amides is 1. The number of rotatable bonds is 10. The van der Waals surface area contributed by atoms with Gasteiger partial charge in [0.1, 0.15) is 5.75 Å². The minimum Gasteiger partial charge on any atom is -0.497 e. The van der Waals surface area contributed by atoms with Gasteiger partial charge in [-0.25, -0.2) is 0 Å². The lowest BCUT2D eigenvalue weighted by Crippen LogP contribution is -2.43. The molecule has 1 aromatic carbocycles. The highest BCUT2D eigenvalue weighted by Crippen LogP contribution is 2.11. The predicted molar refractivity (Wildman–Crippen MR) is 86.7 cm³/mol. The van der Waals surface area contributed by atoms with Crippen LogP contribution in [0.2, 0.25) is 0 Å². The number of carbonyl (C=O) groups is 1. The average molecular weight is 292 g/mol. The highest BCUT2D eigenvalue weighted by molar-refractivity contribution is 5.81. The Bertz CT molecular complexity index is 404. The molecule has 0 spiro atoms. The molecule has 21 heavy (non-hydrogen) atoms. The first-order valence-corrected chi connectivity index (χ1v) is 7.81. The number of hydrogen-bond donors (Lipinski definition) is 2. The maximum Gasteiger partial charge on any atom is 0.236 e. The molecule has 0 aliphatic heterocycles. The van der Waals surface area contributed by atoms with Crippen LogP contribution in [0.1, 0.15) is 38.7 Å². The molecule has 0 heterocycles. The quantitative estimate of drug-likeness (QED) is 0.652. The van der Waals surface area contributed by atoms with Gasteiger partial charge in [-0.15, -0.1) is 0 Å². The minimum absolute atomic E-state index is 0.0841. The molecule has 0 aliphatic carbocycles. The van der Waals surface area contributed by atoms with Gasteiger partial charge in [0.2, 0.25) is 5.91 Å².